The highest BCUT2D eigenvalue weighted by molar-refractivity contribution is 6.42. The molecule has 3 aromatic rings. The summed E-state index contributed by atoms with van der Waals surface area (Å²) >= 11 is 12.2. The molecule has 0 aliphatic heterocycles. The fourth-order valence-corrected chi connectivity index (χ4v) is 2.96. The summed E-state index contributed by atoms with van der Waals surface area (Å²) in [5.74, 6) is -0.411. The van der Waals surface area contributed by atoms with Crippen molar-refractivity contribution in [1.29, 1.82) is 0 Å². The van der Waals surface area contributed by atoms with Crippen molar-refractivity contribution in [3.63, 3.8) is 0 Å². The summed E-state index contributed by atoms with van der Waals surface area (Å²) in [6, 6.07) is 11.7. The number of amides is 1. The minimum atomic E-state index is -0.411. The highest BCUT2D eigenvalue weighted by atomic mass is 35.5. The number of aromatic amines is 1. The zero-order valence-corrected chi connectivity index (χ0v) is 14.2. The maximum atomic E-state index is 12.6. The molecule has 2 N–H and O–H groups in total. The standard InChI is InChI=1S/C17H13Cl2N3O2/c1-9(10-7-4-8-13(18)14(10)19)20-17(24)15-11-5-2-3-6-12(11)16(23)22-21-15/h2-9H,1H3,(H,20,24)(H,22,23). The summed E-state index contributed by atoms with van der Waals surface area (Å²) in [4.78, 5) is 24.4. The Morgan fingerprint density at radius 1 is 1.12 bits per heavy atom. The van der Waals surface area contributed by atoms with E-state index < -0.39 is 5.91 Å². The number of halogens is 2. The number of rotatable bonds is 3. The predicted octanol–water partition coefficient (Wildman–Crippen LogP) is 3.72. The average Bonchev–Trinajstić information content (AvgIpc) is 2.57. The van der Waals surface area contributed by atoms with Gasteiger partial charge in [-0.2, -0.15) is 5.10 Å². The lowest BCUT2D eigenvalue weighted by Gasteiger charge is -2.16. The molecule has 0 aliphatic rings. The Kier molecular flexibility index (Phi) is 4.55. The molecule has 7 heteroatoms. The fraction of sp³-hybridized carbons (Fsp3) is 0.118. The van der Waals surface area contributed by atoms with Gasteiger partial charge in [0.15, 0.2) is 5.69 Å². The van der Waals surface area contributed by atoms with E-state index in [2.05, 4.69) is 15.5 Å². The molecule has 1 aromatic heterocycles. The van der Waals surface area contributed by atoms with Crippen molar-refractivity contribution in [2.45, 2.75) is 13.0 Å². The minimum Gasteiger partial charge on any atom is -0.344 e. The van der Waals surface area contributed by atoms with Crippen molar-refractivity contribution < 1.29 is 4.79 Å². The molecule has 3 rings (SSSR count). The second-order valence-corrected chi connectivity index (χ2v) is 6.07. The van der Waals surface area contributed by atoms with Crippen LogP contribution in [0, 0.1) is 0 Å². The zero-order valence-electron chi connectivity index (χ0n) is 12.6. The number of carbonyl (C=O) groups excluding carboxylic acids is 1. The van der Waals surface area contributed by atoms with Crippen molar-refractivity contribution in [1.82, 2.24) is 15.5 Å². The third kappa shape index (κ3) is 3.00. The molecule has 5 nitrogen and oxygen atoms in total. The van der Waals surface area contributed by atoms with Crippen molar-refractivity contribution >= 4 is 39.9 Å². The Morgan fingerprint density at radius 3 is 2.58 bits per heavy atom. The van der Waals surface area contributed by atoms with E-state index in [1.165, 1.54) is 0 Å². The first-order valence-corrected chi connectivity index (χ1v) is 7.97. The van der Waals surface area contributed by atoms with Gasteiger partial charge in [-0.15, -0.1) is 0 Å². The fourth-order valence-electron chi connectivity index (χ4n) is 2.49. The summed E-state index contributed by atoms with van der Waals surface area (Å²) in [5, 5.41) is 10.8. The average molecular weight is 362 g/mol. The molecule has 1 atom stereocenters. The number of nitrogens with zero attached hydrogens (tertiary/aromatic N) is 1. The molecule has 1 amide bonds. The van der Waals surface area contributed by atoms with Gasteiger partial charge >= 0.3 is 0 Å². The van der Waals surface area contributed by atoms with Crippen molar-refractivity contribution in [3.05, 3.63) is 74.1 Å². The van der Waals surface area contributed by atoms with Gasteiger partial charge in [-0.3, -0.25) is 9.59 Å². The molecule has 0 saturated carbocycles. The van der Waals surface area contributed by atoms with Crippen LogP contribution in [0.5, 0.6) is 0 Å². The molecule has 0 saturated heterocycles. The van der Waals surface area contributed by atoms with Gasteiger partial charge in [0, 0.05) is 5.39 Å². The Hall–Kier alpha value is -2.37. The third-order valence-corrected chi connectivity index (χ3v) is 4.54. The van der Waals surface area contributed by atoms with E-state index in [4.69, 9.17) is 23.2 Å². The SMILES string of the molecule is CC(NC(=O)c1n[nH]c(=O)c2ccccc12)c1cccc(Cl)c1Cl. The van der Waals surface area contributed by atoms with E-state index in [-0.39, 0.29) is 17.3 Å². The van der Waals surface area contributed by atoms with E-state index in [0.29, 0.717) is 26.4 Å². The van der Waals surface area contributed by atoms with Gasteiger partial charge in [0.2, 0.25) is 0 Å². The molecular weight excluding hydrogens is 349 g/mol. The second kappa shape index (κ2) is 6.63. The summed E-state index contributed by atoms with van der Waals surface area (Å²) in [7, 11) is 0. The minimum absolute atomic E-state index is 0.148. The van der Waals surface area contributed by atoms with Gasteiger partial charge in [0.1, 0.15) is 0 Å². The summed E-state index contributed by atoms with van der Waals surface area (Å²) in [5.41, 5.74) is 0.509. The van der Waals surface area contributed by atoms with E-state index in [1.807, 2.05) is 0 Å². The number of hydrogen-bond acceptors (Lipinski definition) is 3. The lowest BCUT2D eigenvalue weighted by Crippen LogP contribution is -2.29. The Bertz CT molecular complexity index is 985. The summed E-state index contributed by atoms with van der Waals surface area (Å²) in [6.45, 7) is 1.79. The van der Waals surface area contributed by atoms with Gasteiger partial charge in [-0.25, -0.2) is 5.10 Å². The number of nitrogens with one attached hydrogen (secondary N) is 2. The Labute approximate surface area is 147 Å². The van der Waals surface area contributed by atoms with Crippen LogP contribution in [0.4, 0.5) is 0 Å². The van der Waals surface area contributed by atoms with Gasteiger partial charge in [0.05, 0.1) is 21.5 Å². The summed E-state index contributed by atoms with van der Waals surface area (Å²) < 4.78 is 0. The summed E-state index contributed by atoms with van der Waals surface area (Å²) in [6.07, 6.45) is 0. The van der Waals surface area contributed by atoms with Crippen LogP contribution in [0.2, 0.25) is 10.0 Å². The van der Waals surface area contributed by atoms with E-state index in [1.54, 1.807) is 49.4 Å². The van der Waals surface area contributed by atoms with E-state index in [0.717, 1.165) is 0 Å². The van der Waals surface area contributed by atoms with Gasteiger partial charge in [0.25, 0.3) is 11.5 Å². The van der Waals surface area contributed by atoms with Crippen molar-refractivity contribution in [3.8, 4) is 0 Å². The van der Waals surface area contributed by atoms with E-state index in [9.17, 15) is 9.59 Å². The molecule has 122 valence electrons. The van der Waals surface area contributed by atoms with Crippen LogP contribution in [0.15, 0.2) is 47.3 Å². The normalized spacial score (nSPS) is 12.1. The molecule has 0 fully saturated rings. The van der Waals surface area contributed by atoms with Crippen molar-refractivity contribution in [2.75, 3.05) is 0 Å². The Balaban J connectivity index is 1.95. The van der Waals surface area contributed by atoms with Crippen LogP contribution < -0.4 is 10.9 Å². The number of carbonyl (C=O) groups is 1. The maximum Gasteiger partial charge on any atom is 0.272 e. The van der Waals surface area contributed by atoms with Crippen LogP contribution in [-0.2, 0) is 0 Å². The smallest absolute Gasteiger partial charge is 0.272 e. The maximum absolute atomic E-state index is 12.6. The monoisotopic (exact) mass is 361 g/mol. The number of H-pyrrole nitrogens is 1. The lowest BCUT2D eigenvalue weighted by molar-refractivity contribution is 0.0935. The highest BCUT2D eigenvalue weighted by Gasteiger charge is 2.18. The van der Waals surface area contributed by atoms with Crippen LogP contribution in [0.25, 0.3) is 10.8 Å². The molecule has 0 bridgehead atoms. The molecule has 2 aromatic carbocycles. The number of hydrogen-bond donors (Lipinski definition) is 2. The number of aromatic nitrogens is 2. The van der Waals surface area contributed by atoms with Gasteiger partial charge < -0.3 is 5.32 Å². The van der Waals surface area contributed by atoms with E-state index >= 15 is 0 Å². The third-order valence-electron chi connectivity index (χ3n) is 3.71. The molecule has 0 spiro atoms. The first-order chi connectivity index (χ1) is 11.5. The molecule has 0 radical (unpaired) electrons. The van der Waals surface area contributed by atoms with Gasteiger partial charge in [-0.05, 0) is 24.6 Å². The van der Waals surface area contributed by atoms with Crippen LogP contribution >= 0.6 is 23.2 Å². The lowest BCUT2D eigenvalue weighted by atomic mass is 10.1. The highest BCUT2D eigenvalue weighted by Crippen LogP contribution is 2.29. The molecule has 0 aliphatic carbocycles. The zero-order chi connectivity index (χ0) is 17.3. The topological polar surface area (TPSA) is 74.8 Å². The van der Waals surface area contributed by atoms with Crippen LogP contribution in [0.3, 0.4) is 0 Å². The molecular formula is C17H13Cl2N3O2. The molecule has 1 unspecified atom stereocenters. The van der Waals surface area contributed by atoms with Gasteiger partial charge in [-0.1, -0.05) is 53.5 Å². The number of benzene rings is 2. The quantitative estimate of drug-likeness (QED) is 0.746. The second-order valence-electron chi connectivity index (χ2n) is 5.29. The first-order valence-electron chi connectivity index (χ1n) is 7.21. The van der Waals surface area contributed by atoms with Crippen LogP contribution in [-0.4, -0.2) is 16.1 Å². The Morgan fingerprint density at radius 2 is 1.83 bits per heavy atom. The van der Waals surface area contributed by atoms with Crippen LogP contribution in [0.1, 0.15) is 29.0 Å². The largest absolute Gasteiger partial charge is 0.344 e. The number of fused-ring (bicyclic) bond motifs is 1. The molecule has 24 heavy (non-hydrogen) atoms. The predicted molar refractivity (Wildman–Crippen MR) is 94.7 cm³/mol. The van der Waals surface area contributed by atoms with Crippen molar-refractivity contribution in [2.24, 2.45) is 0 Å². The first kappa shape index (κ1) is 16.5. The molecule has 1 heterocycles.